The molecule has 0 saturated heterocycles. The van der Waals surface area contributed by atoms with Gasteiger partial charge < -0.3 is 21.0 Å². The molecule has 0 radical (unpaired) electrons. The predicted molar refractivity (Wildman–Crippen MR) is 81.5 cm³/mol. The molecule has 0 saturated carbocycles. The number of carboxylic acid groups (broad SMARTS) is 1. The number of nitrogens with two attached hydrogens (primary N) is 2. The third-order valence-corrected chi connectivity index (χ3v) is 2.36. The van der Waals surface area contributed by atoms with Gasteiger partial charge in [-0.1, -0.05) is 20.8 Å². The Morgan fingerprint density at radius 1 is 1.30 bits per heavy atom. The van der Waals surface area contributed by atoms with Gasteiger partial charge in [-0.3, -0.25) is 4.79 Å². The minimum atomic E-state index is -0.894. The van der Waals surface area contributed by atoms with Gasteiger partial charge in [-0.05, 0) is 32.6 Å². The van der Waals surface area contributed by atoms with Crippen LogP contribution in [0, 0.1) is 5.92 Å². The summed E-state index contributed by atoms with van der Waals surface area (Å²) >= 11 is 0. The van der Waals surface area contributed by atoms with Crippen molar-refractivity contribution in [1.82, 2.24) is 5.01 Å². The number of allylic oxidation sites excluding steroid dienone is 1. The number of rotatable bonds is 7. The van der Waals surface area contributed by atoms with E-state index in [1.165, 1.54) is 11.2 Å². The first-order valence-electron chi connectivity index (χ1n) is 6.85. The number of aliphatic hydroxyl groups is 1. The van der Waals surface area contributed by atoms with Crippen molar-refractivity contribution in [2.75, 3.05) is 6.61 Å². The molecular weight excluding hydrogens is 258 g/mol. The van der Waals surface area contributed by atoms with E-state index < -0.39 is 11.5 Å². The van der Waals surface area contributed by atoms with Crippen LogP contribution in [-0.4, -0.2) is 33.3 Å². The lowest BCUT2D eigenvalue weighted by Gasteiger charge is -2.33. The molecule has 0 amide bonds. The molecule has 0 aromatic carbocycles. The molecule has 0 rings (SSSR count). The Hall–Kier alpha value is -1.27. The molecule has 6 nitrogen and oxygen atoms in total. The van der Waals surface area contributed by atoms with Crippen LogP contribution in [0.1, 0.15) is 53.9 Å². The molecule has 0 spiro atoms. The fourth-order valence-electron chi connectivity index (χ4n) is 1.07. The highest BCUT2D eigenvalue weighted by atomic mass is 16.4. The van der Waals surface area contributed by atoms with Crippen molar-refractivity contribution in [3.8, 4) is 0 Å². The molecule has 0 fully saturated rings. The molecular formula is C14H31N3O3. The minimum Gasteiger partial charge on any atom is -0.481 e. The highest BCUT2D eigenvalue weighted by Gasteiger charge is 2.21. The quantitative estimate of drug-likeness (QED) is 0.419. The van der Waals surface area contributed by atoms with Gasteiger partial charge in [-0.15, -0.1) is 0 Å². The zero-order valence-electron chi connectivity index (χ0n) is 13.4. The fourth-order valence-corrected chi connectivity index (χ4v) is 1.07. The standard InChI is InChI=1S/C10H21N3O3.C4H10/c1-10(2,5-6-14)13(12)7-8(11)3-4-9(15)16;1-4(2)3/h7,14H,3-6,11-12H2,1-2H3,(H,15,16);4H,1-3H3/b8-7-;. The highest BCUT2D eigenvalue weighted by Crippen LogP contribution is 2.16. The Balaban J connectivity index is 0. The number of nitrogens with zero attached hydrogens (tertiary/aromatic N) is 1. The van der Waals surface area contributed by atoms with E-state index >= 15 is 0 Å². The number of aliphatic hydroxyl groups excluding tert-OH is 1. The van der Waals surface area contributed by atoms with Gasteiger partial charge in [0.2, 0.25) is 0 Å². The van der Waals surface area contributed by atoms with Gasteiger partial charge in [0.05, 0.1) is 12.0 Å². The Morgan fingerprint density at radius 3 is 2.10 bits per heavy atom. The molecule has 0 aromatic heterocycles. The zero-order chi connectivity index (χ0) is 16.3. The maximum absolute atomic E-state index is 10.3. The maximum Gasteiger partial charge on any atom is 0.303 e. The molecule has 0 aromatic rings. The van der Waals surface area contributed by atoms with Crippen LogP contribution < -0.4 is 11.6 Å². The van der Waals surface area contributed by atoms with E-state index in [0.29, 0.717) is 12.1 Å². The summed E-state index contributed by atoms with van der Waals surface area (Å²) in [5, 5.41) is 18.7. The molecule has 0 unspecified atom stereocenters. The first kappa shape index (κ1) is 21.0. The molecule has 0 aliphatic rings. The molecule has 0 aliphatic heterocycles. The molecule has 6 heteroatoms. The van der Waals surface area contributed by atoms with Crippen LogP contribution in [0.4, 0.5) is 0 Å². The first-order valence-corrected chi connectivity index (χ1v) is 6.85. The van der Waals surface area contributed by atoms with E-state index in [0.717, 1.165) is 5.92 Å². The van der Waals surface area contributed by atoms with Crippen LogP contribution in [0.5, 0.6) is 0 Å². The summed E-state index contributed by atoms with van der Waals surface area (Å²) in [4.78, 5) is 10.3. The third-order valence-electron chi connectivity index (χ3n) is 2.36. The first-order chi connectivity index (χ1) is 9.02. The largest absolute Gasteiger partial charge is 0.481 e. The summed E-state index contributed by atoms with van der Waals surface area (Å²) in [5.41, 5.74) is 5.63. The van der Waals surface area contributed by atoms with Gasteiger partial charge in [0.15, 0.2) is 0 Å². The van der Waals surface area contributed by atoms with E-state index in [1.54, 1.807) is 0 Å². The van der Waals surface area contributed by atoms with Crippen LogP contribution >= 0.6 is 0 Å². The predicted octanol–water partition coefficient (Wildman–Crippen LogP) is 1.65. The van der Waals surface area contributed by atoms with E-state index in [2.05, 4.69) is 20.8 Å². The second-order valence-corrected chi connectivity index (χ2v) is 6.02. The van der Waals surface area contributed by atoms with Gasteiger partial charge in [0.25, 0.3) is 0 Å². The molecule has 0 atom stereocenters. The molecule has 0 heterocycles. The second-order valence-electron chi connectivity index (χ2n) is 6.02. The Labute approximate surface area is 122 Å². The van der Waals surface area contributed by atoms with Crippen LogP contribution in [0.3, 0.4) is 0 Å². The van der Waals surface area contributed by atoms with Crippen molar-refractivity contribution in [2.24, 2.45) is 17.5 Å². The van der Waals surface area contributed by atoms with Crippen molar-refractivity contribution in [3.05, 3.63) is 11.9 Å². The second kappa shape index (κ2) is 10.5. The normalized spacial score (nSPS) is 11.9. The molecule has 0 aliphatic carbocycles. The number of hydrazine groups is 1. The third kappa shape index (κ3) is 13.2. The summed E-state index contributed by atoms with van der Waals surface area (Å²) < 4.78 is 0. The SMILES string of the molecule is CC(C)(CCO)N(N)/C=C(\N)CCC(=O)O.CC(C)C. The highest BCUT2D eigenvalue weighted by molar-refractivity contribution is 5.66. The Morgan fingerprint density at radius 2 is 1.75 bits per heavy atom. The summed E-state index contributed by atoms with van der Waals surface area (Å²) in [7, 11) is 0. The van der Waals surface area contributed by atoms with E-state index in [1.807, 2.05) is 13.8 Å². The van der Waals surface area contributed by atoms with Crippen LogP contribution in [0.15, 0.2) is 11.9 Å². The lowest BCUT2D eigenvalue weighted by Crippen LogP contribution is -2.46. The minimum absolute atomic E-state index is 0.0173. The average Bonchev–Trinajstić information content (AvgIpc) is 2.25. The lowest BCUT2D eigenvalue weighted by molar-refractivity contribution is -0.136. The number of hydrogen-bond acceptors (Lipinski definition) is 5. The van der Waals surface area contributed by atoms with Gasteiger partial charge in [0, 0.05) is 18.5 Å². The topological polar surface area (TPSA) is 113 Å². The van der Waals surface area contributed by atoms with Crippen LogP contribution in [-0.2, 0) is 4.79 Å². The van der Waals surface area contributed by atoms with E-state index in [-0.39, 0.29) is 19.4 Å². The number of hydrogen-bond donors (Lipinski definition) is 4. The summed E-state index contributed by atoms with van der Waals surface area (Å²) in [6.07, 6.45) is 2.26. The molecule has 120 valence electrons. The average molecular weight is 289 g/mol. The smallest absolute Gasteiger partial charge is 0.303 e. The van der Waals surface area contributed by atoms with Crippen LogP contribution in [0.2, 0.25) is 0 Å². The number of aliphatic carboxylic acids is 1. The molecule has 0 bridgehead atoms. The zero-order valence-corrected chi connectivity index (χ0v) is 13.4. The number of carbonyl (C=O) groups is 1. The monoisotopic (exact) mass is 289 g/mol. The fraction of sp³-hybridized carbons (Fsp3) is 0.786. The van der Waals surface area contributed by atoms with Gasteiger partial charge in [0.1, 0.15) is 0 Å². The lowest BCUT2D eigenvalue weighted by atomic mass is 10.0. The van der Waals surface area contributed by atoms with Crippen molar-refractivity contribution in [3.63, 3.8) is 0 Å². The molecule has 6 N–H and O–H groups in total. The van der Waals surface area contributed by atoms with Gasteiger partial charge in [-0.25, -0.2) is 5.84 Å². The van der Waals surface area contributed by atoms with Crippen molar-refractivity contribution < 1.29 is 15.0 Å². The Bertz CT molecular complexity index is 299. The van der Waals surface area contributed by atoms with Gasteiger partial charge in [-0.2, -0.15) is 0 Å². The van der Waals surface area contributed by atoms with E-state index in [4.69, 9.17) is 21.8 Å². The number of carboxylic acids is 1. The maximum atomic E-state index is 10.3. The summed E-state index contributed by atoms with van der Waals surface area (Å²) in [5.74, 6) is 5.70. The Kier molecular flexibility index (Phi) is 11.1. The van der Waals surface area contributed by atoms with Crippen molar-refractivity contribution >= 4 is 5.97 Å². The van der Waals surface area contributed by atoms with E-state index in [9.17, 15) is 4.79 Å². The van der Waals surface area contributed by atoms with Crippen molar-refractivity contribution in [2.45, 2.75) is 59.4 Å². The summed E-state index contributed by atoms with van der Waals surface area (Å²) in [6, 6.07) is 0. The molecule has 20 heavy (non-hydrogen) atoms. The van der Waals surface area contributed by atoms with Crippen LogP contribution in [0.25, 0.3) is 0 Å². The van der Waals surface area contributed by atoms with Crippen molar-refractivity contribution in [1.29, 1.82) is 0 Å². The van der Waals surface area contributed by atoms with Gasteiger partial charge >= 0.3 is 5.97 Å². The summed E-state index contributed by atoms with van der Waals surface area (Å²) in [6.45, 7) is 10.3.